The molecule has 2 aromatic rings. The van der Waals surface area contributed by atoms with Crippen molar-refractivity contribution < 1.29 is 4.79 Å². The third-order valence-electron chi connectivity index (χ3n) is 6.25. The molecule has 4 rings (SSSR count). The maximum absolute atomic E-state index is 12.8. The lowest BCUT2D eigenvalue weighted by Crippen LogP contribution is -2.57. The van der Waals surface area contributed by atoms with Crippen molar-refractivity contribution in [3.05, 3.63) is 29.2 Å². The predicted molar refractivity (Wildman–Crippen MR) is 93.0 cm³/mol. The quantitative estimate of drug-likeness (QED) is 0.940. The van der Waals surface area contributed by atoms with Gasteiger partial charge in [0, 0.05) is 16.9 Å². The summed E-state index contributed by atoms with van der Waals surface area (Å²) >= 11 is 0. The number of carbonyl (C=O) groups is 1. The minimum absolute atomic E-state index is 0.0675. The smallest absolute Gasteiger partial charge is 0.257 e. The molecule has 0 bridgehead atoms. The highest BCUT2D eigenvalue weighted by Gasteiger charge is 2.52. The third-order valence-corrected chi connectivity index (χ3v) is 6.25. The Bertz CT molecular complexity index is 808. The second kappa shape index (κ2) is 5.04. The van der Waals surface area contributed by atoms with Crippen molar-refractivity contribution in [1.29, 1.82) is 0 Å². The lowest BCUT2D eigenvalue weighted by Gasteiger charge is -2.58. The summed E-state index contributed by atoms with van der Waals surface area (Å²) in [6, 6.07) is 1.97. The van der Waals surface area contributed by atoms with Crippen LogP contribution in [0.1, 0.15) is 67.7 Å². The fraction of sp³-hybridized carbons (Fsp3) is 0.632. The van der Waals surface area contributed by atoms with Crippen LogP contribution in [0, 0.1) is 25.2 Å². The molecule has 0 atom stereocenters. The number of aromatic nitrogens is 3. The van der Waals surface area contributed by atoms with E-state index in [-0.39, 0.29) is 11.4 Å². The molecule has 1 amide bonds. The molecule has 5 nitrogen and oxygen atoms in total. The third kappa shape index (κ3) is 2.33. The Morgan fingerprint density at radius 3 is 2.67 bits per heavy atom. The molecular formula is C19H26N4O. The Kier molecular flexibility index (Phi) is 3.28. The first kappa shape index (κ1) is 15.6. The van der Waals surface area contributed by atoms with Crippen LogP contribution < -0.4 is 5.32 Å². The molecular weight excluding hydrogens is 300 g/mol. The van der Waals surface area contributed by atoms with Crippen LogP contribution in [0.5, 0.6) is 0 Å². The van der Waals surface area contributed by atoms with Crippen molar-refractivity contribution in [2.75, 3.05) is 0 Å². The summed E-state index contributed by atoms with van der Waals surface area (Å²) in [7, 11) is 0. The molecule has 2 saturated carbocycles. The SMILES string of the molecule is Cc1cc(C)n2ncc(C(=O)NC(C)(C)C3CC4(CCC4)C3)c2n1. The molecule has 2 aromatic heterocycles. The van der Waals surface area contributed by atoms with Crippen molar-refractivity contribution >= 4 is 11.6 Å². The molecule has 0 aromatic carbocycles. The summed E-state index contributed by atoms with van der Waals surface area (Å²) in [5.41, 5.74) is 3.52. The van der Waals surface area contributed by atoms with E-state index in [1.807, 2.05) is 19.9 Å². The maximum Gasteiger partial charge on any atom is 0.257 e. The van der Waals surface area contributed by atoms with Gasteiger partial charge in [-0.25, -0.2) is 9.50 Å². The zero-order chi connectivity index (χ0) is 17.1. The Balaban J connectivity index is 1.54. The molecule has 2 fully saturated rings. The van der Waals surface area contributed by atoms with Gasteiger partial charge in [-0.1, -0.05) is 6.42 Å². The fourth-order valence-electron chi connectivity index (χ4n) is 4.47. The van der Waals surface area contributed by atoms with Gasteiger partial charge in [-0.2, -0.15) is 5.10 Å². The monoisotopic (exact) mass is 326 g/mol. The topological polar surface area (TPSA) is 59.3 Å². The van der Waals surface area contributed by atoms with Crippen molar-refractivity contribution in [2.45, 2.75) is 65.3 Å². The van der Waals surface area contributed by atoms with E-state index >= 15 is 0 Å². The second-order valence-electron chi connectivity index (χ2n) is 8.47. The van der Waals surface area contributed by atoms with Crippen molar-refractivity contribution in [3.8, 4) is 0 Å². The van der Waals surface area contributed by atoms with E-state index in [0.29, 0.717) is 22.5 Å². The van der Waals surface area contributed by atoms with Crippen molar-refractivity contribution in [3.63, 3.8) is 0 Å². The van der Waals surface area contributed by atoms with Gasteiger partial charge in [0.2, 0.25) is 0 Å². The highest BCUT2D eigenvalue weighted by Crippen LogP contribution is 2.61. The highest BCUT2D eigenvalue weighted by molar-refractivity contribution is 6.00. The normalized spacial score (nSPS) is 20.0. The molecule has 0 radical (unpaired) electrons. The van der Waals surface area contributed by atoms with Crippen LogP contribution in [0.25, 0.3) is 5.65 Å². The molecule has 0 aliphatic heterocycles. The standard InChI is InChI=1S/C19H26N4O/c1-12-8-13(2)23-16(21-12)15(11-20-23)17(24)22-18(3,4)14-9-19(10-14)6-5-7-19/h8,11,14H,5-7,9-10H2,1-4H3,(H,22,24). The maximum atomic E-state index is 12.8. The van der Waals surface area contributed by atoms with Crippen LogP contribution in [0.15, 0.2) is 12.3 Å². The minimum Gasteiger partial charge on any atom is -0.347 e. The lowest BCUT2D eigenvalue weighted by atomic mass is 9.48. The van der Waals surface area contributed by atoms with Gasteiger partial charge in [-0.3, -0.25) is 4.79 Å². The largest absolute Gasteiger partial charge is 0.347 e. The first-order chi connectivity index (χ1) is 11.3. The average molecular weight is 326 g/mol. The number of hydrogen-bond acceptors (Lipinski definition) is 3. The van der Waals surface area contributed by atoms with Crippen molar-refractivity contribution in [1.82, 2.24) is 19.9 Å². The Morgan fingerprint density at radius 1 is 1.33 bits per heavy atom. The van der Waals surface area contributed by atoms with Gasteiger partial charge in [0.25, 0.3) is 5.91 Å². The zero-order valence-corrected chi connectivity index (χ0v) is 15.0. The van der Waals surface area contributed by atoms with Crippen LogP contribution in [0.4, 0.5) is 0 Å². The van der Waals surface area contributed by atoms with Crippen LogP contribution in [-0.4, -0.2) is 26.0 Å². The van der Waals surface area contributed by atoms with Crippen LogP contribution in [0.2, 0.25) is 0 Å². The van der Waals surface area contributed by atoms with E-state index in [2.05, 4.69) is 29.2 Å². The molecule has 0 saturated heterocycles. The van der Waals surface area contributed by atoms with Gasteiger partial charge in [-0.05, 0) is 70.8 Å². The summed E-state index contributed by atoms with van der Waals surface area (Å²) in [6.07, 6.45) is 8.28. The van der Waals surface area contributed by atoms with Gasteiger partial charge in [0.1, 0.15) is 5.56 Å². The molecule has 5 heteroatoms. The molecule has 2 aliphatic carbocycles. The van der Waals surface area contributed by atoms with E-state index in [1.54, 1.807) is 10.7 Å². The molecule has 1 N–H and O–H groups in total. The minimum atomic E-state index is -0.189. The average Bonchev–Trinajstić information content (AvgIpc) is 2.78. The Hall–Kier alpha value is -1.91. The molecule has 128 valence electrons. The number of rotatable bonds is 3. The van der Waals surface area contributed by atoms with E-state index in [9.17, 15) is 4.79 Å². The van der Waals surface area contributed by atoms with E-state index in [4.69, 9.17) is 0 Å². The lowest BCUT2D eigenvalue weighted by molar-refractivity contribution is -0.0573. The van der Waals surface area contributed by atoms with Crippen LogP contribution in [0.3, 0.4) is 0 Å². The second-order valence-corrected chi connectivity index (χ2v) is 8.47. The summed E-state index contributed by atoms with van der Waals surface area (Å²) in [5, 5.41) is 7.57. The number of carbonyl (C=O) groups excluding carboxylic acids is 1. The number of nitrogens with one attached hydrogen (secondary N) is 1. The number of amides is 1. The summed E-state index contributed by atoms with van der Waals surface area (Å²) in [4.78, 5) is 17.4. The summed E-state index contributed by atoms with van der Waals surface area (Å²) in [6.45, 7) is 8.22. The van der Waals surface area contributed by atoms with Crippen LogP contribution in [-0.2, 0) is 0 Å². The van der Waals surface area contributed by atoms with Crippen LogP contribution >= 0.6 is 0 Å². The first-order valence-corrected chi connectivity index (χ1v) is 8.94. The van der Waals surface area contributed by atoms with E-state index in [0.717, 1.165) is 11.4 Å². The first-order valence-electron chi connectivity index (χ1n) is 8.94. The Morgan fingerprint density at radius 2 is 2.04 bits per heavy atom. The Labute approximate surface area is 142 Å². The van der Waals surface area contributed by atoms with Gasteiger partial charge >= 0.3 is 0 Å². The fourth-order valence-corrected chi connectivity index (χ4v) is 4.47. The predicted octanol–water partition coefficient (Wildman–Crippen LogP) is 3.43. The molecule has 1 spiro atoms. The number of hydrogen-bond donors (Lipinski definition) is 1. The molecule has 0 unspecified atom stereocenters. The molecule has 2 aliphatic rings. The summed E-state index contributed by atoms with van der Waals surface area (Å²) < 4.78 is 1.74. The number of nitrogens with zero attached hydrogens (tertiary/aromatic N) is 3. The molecule has 24 heavy (non-hydrogen) atoms. The summed E-state index contributed by atoms with van der Waals surface area (Å²) in [5.74, 6) is 0.502. The van der Waals surface area contributed by atoms with E-state index < -0.39 is 0 Å². The van der Waals surface area contributed by atoms with Gasteiger partial charge in [-0.15, -0.1) is 0 Å². The number of aryl methyl sites for hydroxylation is 2. The zero-order valence-electron chi connectivity index (χ0n) is 15.0. The van der Waals surface area contributed by atoms with Gasteiger partial charge in [0.15, 0.2) is 5.65 Å². The number of fused-ring (bicyclic) bond motifs is 1. The molecule has 2 heterocycles. The van der Waals surface area contributed by atoms with Crippen molar-refractivity contribution in [2.24, 2.45) is 11.3 Å². The highest BCUT2D eigenvalue weighted by atomic mass is 16.1. The van der Waals surface area contributed by atoms with E-state index in [1.165, 1.54) is 32.1 Å². The van der Waals surface area contributed by atoms with Gasteiger partial charge in [0.05, 0.1) is 6.20 Å². The van der Waals surface area contributed by atoms with Gasteiger partial charge < -0.3 is 5.32 Å².